The number of benzene rings is 2. The monoisotopic (exact) mass is 495 g/mol. The van der Waals surface area contributed by atoms with Gasteiger partial charge in [-0.3, -0.25) is 0 Å². The Morgan fingerprint density at radius 3 is 2.66 bits per heavy atom. The summed E-state index contributed by atoms with van der Waals surface area (Å²) >= 11 is 3.40. The molecule has 32 heavy (non-hydrogen) atoms. The molecule has 166 valence electrons. The van der Waals surface area contributed by atoms with E-state index in [-0.39, 0.29) is 18.1 Å². The number of amides is 1. The van der Waals surface area contributed by atoms with Crippen LogP contribution in [0.25, 0.3) is 0 Å². The second-order valence-electron chi connectivity index (χ2n) is 8.42. The van der Waals surface area contributed by atoms with E-state index in [9.17, 15) is 9.59 Å². The van der Waals surface area contributed by atoms with Gasteiger partial charge in [0.15, 0.2) is 5.60 Å². The van der Waals surface area contributed by atoms with Crippen LogP contribution in [-0.2, 0) is 9.47 Å². The molecule has 4 rings (SSSR count). The number of nitrogens with zero attached hydrogens (tertiary/aromatic N) is 1. The number of aryl methyl sites for hydroxylation is 1. The van der Waals surface area contributed by atoms with Crippen LogP contribution in [0.4, 0.5) is 4.79 Å². The van der Waals surface area contributed by atoms with Crippen LogP contribution < -0.4 is 0 Å². The number of ether oxygens (including phenoxy) is 2. The fraction of sp³-hybridized carbons (Fsp3) is 0.385. The predicted molar refractivity (Wildman–Crippen MR) is 125 cm³/mol. The standard InChI is InChI=1S/C26H26BrNO4/c1-18-5-3-6-19(17-18)12-15-26(32-24(29)20-8-10-21(27)11-9-20)14-4-7-23-22(26)13-16-28(23)25(30)31-2/h3,5-6,8-11,17,22-23H,4,7,13-14,16H2,1-2H3. The third-order valence-electron chi connectivity index (χ3n) is 6.39. The number of likely N-dealkylation sites (tertiary alicyclic amines) is 1. The van der Waals surface area contributed by atoms with Crippen LogP contribution in [0.15, 0.2) is 53.0 Å². The van der Waals surface area contributed by atoms with E-state index in [4.69, 9.17) is 9.47 Å². The van der Waals surface area contributed by atoms with Gasteiger partial charge in [0.05, 0.1) is 12.7 Å². The van der Waals surface area contributed by atoms with Crippen molar-refractivity contribution < 1.29 is 19.1 Å². The molecule has 2 aromatic carbocycles. The summed E-state index contributed by atoms with van der Waals surface area (Å²) in [6.07, 6.45) is 2.69. The minimum atomic E-state index is -0.959. The number of fused-ring (bicyclic) bond motifs is 1. The van der Waals surface area contributed by atoms with E-state index in [1.54, 1.807) is 17.0 Å². The van der Waals surface area contributed by atoms with Gasteiger partial charge in [-0.25, -0.2) is 9.59 Å². The Hall–Kier alpha value is -2.78. The molecular formula is C26H26BrNO4. The van der Waals surface area contributed by atoms with E-state index in [1.165, 1.54) is 7.11 Å². The molecule has 2 aliphatic rings. The zero-order valence-corrected chi connectivity index (χ0v) is 19.9. The van der Waals surface area contributed by atoms with Crippen molar-refractivity contribution in [3.8, 4) is 11.8 Å². The van der Waals surface area contributed by atoms with Crippen LogP contribution in [0, 0.1) is 24.7 Å². The molecule has 2 fully saturated rings. The largest absolute Gasteiger partial charge is 0.453 e. The highest BCUT2D eigenvalue weighted by atomic mass is 79.9. The van der Waals surface area contributed by atoms with Crippen molar-refractivity contribution in [2.75, 3.05) is 13.7 Å². The molecule has 1 heterocycles. The van der Waals surface area contributed by atoms with Gasteiger partial charge in [-0.1, -0.05) is 34.0 Å². The maximum Gasteiger partial charge on any atom is 0.409 e. The molecule has 1 amide bonds. The molecule has 0 aromatic heterocycles. The third-order valence-corrected chi connectivity index (χ3v) is 6.92. The summed E-state index contributed by atoms with van der Waals surface area (Å²) in [5.41, 5.74) is 1.53. The molecule has 2 aromatic rings. The Morgan fingerprint density at radius 2 is 1.94 bits per heavy atom. The zero-order chi connectivity index (χ0) is 22.7. The maximum atomic E-state index is 13.1. The highest BCUT2D eigenvalue weighted by Gasteiger charge is 2.53. The van der Waals surface area contributed by atoms with Crippen molar-refractivity contribution in [2.45, 2.75) is 44.2 Å². The van der Waals surface area contributed by atoms with Crippen LogP contribution in [0.5, 0.6) is 0 Å². The van der Waals surface area contributed by atoms with E-state index in [1.807, 2.05) is 43.3 Å². The van der Waals surface area contributed by atoms with Crippen molar-refractivity contribution in [1.29, 1.82) is 0 Å². The van der Waals surface area contributed by atoms with E-state index in [2.05, 4.69) is 27.8 Å². The summed E-state index contributed by atoms with van der Waals surface area (Å²) in [4.78, 5) is 27.2. The van der Waals surface area contributed by atoms with Gasteiger partial charge in [0.25, 0.3) is 0 Å². The fourth-order valence-corrected chi connectivity index (χ4v) is 5.14. The first-order valence-corrected chi connectivity index (χ1v) is 11.6. The molecule has 1 saturated heterocycles. The molecule has 0 spiro atoms. The molecule has 3 atom stereocenters. The summed E-state index contributed by atoms with van der Waals surface area (Å²) in [6.45, 7) is 2.60. The molecule has 3 unspecified atom stereocenters. The van der Waals surface area contributed by atoms with Crippen LogP contribution in [0.1, 0.15) is 47.2 Å². The van der Waals surface area contributed by atoms with Crippen molar-refractivity contribution in [3.05, 3.63) is 69.7 Å². The van der Waals surface area contributed by atoms with Gasteiger partial charge in [-0.05, 0) is 80.5 Å². The van der Waals surface area contributed by atoms with Crippen molar-refractivity contribution in [2.24, 2.45) is 5.92 Å². The van der Waals surface area contributed by atoms with Gasteiger partial charge in [0.2, 0.25) is 0 Å². The second kappa shape index (κ2) is 9.38. The van der Waals surface area contributed by atoms with Gasteiger partial charge >= 0.3 is 12.1 Å². The minimum Gasteiger partial charge on any atom is -0.453 e. The first-order chi connectivity index (χ1) is 15.4. The van der Waals surface area contributed by atoms with Crippen LogP contribution in [-0.4, -0.2) is 42.3 Å². The Bertz CT molecular complexity index is 1070. The van der Waals surface area contributed by atoms with Crippen LogP contribution in [0.2, 0.25) is 0 Å². The van der Waals surface area contributed by atoms with Crippen molar-refractivity contribution >= 4 is 28.0 Å². The van der Waals surface area contributed by atoms with Crippen molar-refractivity contribution in [3.63, 3.8) is 0 Å². The smallest absolute Gasteiger partial charge is 0.409 e. The molecule has 0 bridgehead atoms. The molecule has 0 radical (unpaired) electrons. The Labute approximate surface area is 197 Å². The minimum absolute atomic E-state index is 0.0549. The zero-order valence-electron chi connectivity index (χ0n) is 18.3. The van der Waals surface area contributed by atoms with Gasteiger partial charge < -0.3 is 14.4 Å². The lowest BCUT2D eigenvalue weighted by Crippen LogP contribution is -2.51. The van der Waals surface area contributed by atoms with Gasteiger partial charge in [-0.2, -0.15) is 0 Å². The summed E-state index contributed by atoms with van der Waals surface area (Å²) in [7, 11) is 1.40. The van der Waals surface area contributed by atoms with Crippen LogP contribution in [0.3, 0.4) is 0 Å². The highest BCUT2D eigenvalue weighted by molar-refractivity contribution is 9.10. The number of hydrogen-bond acceptors (Lipinski definition) is 4. The van der Waals surface area contributed by atoms with Crippen LogP contribution >= 0.6 is 15.9 Å². The molecule has 6 heteroatoms. The predicted octanol–water partition coefficient (Wildman–Crippen LogP) is 5.35. The number of methoxy groups -OCH3 is 1. The second-order valence-corrected chi connectivity index (χ2v) is 9.34. The van der Waals surface area contributed by atoms with E-state index >= 15 is 0 Å². The number of carbonyl (C=O) groups excluding carboxylic acids is 2. The lowest BCUT2D eigenvalue weighted by Gasteiger charge is -2.42. The first-order valence-electron chi connectivity index (χ1n) is 10.9. The van der Waals surface area contributed by atoms with Gasteiger partial charge in [0, 0.05) is 28.5 Å². The summed E-state index contributed by atoms with van der Waals surface area (Å²) in [5.74, 6) is 6.16. The topological polar surface area (TPSA) is 55.8 Å². The normalized spacial score (nSPS) is 24.2. The quantitative estimate of drug-likeness (QED) is 0.416. The van der Waals surface area contributed by atoms with E-state index in [0.717, 1.165) is 34.9 Å². The molecule has 1 saturated carbocycles. The number of esters is 1. The summed E-state index contributed by atoms with van der Waals surface area (Å²) < 4.78 is 12.1. The first kappa shape index (κ1) is 22.4. The molecule has 0 N–H and O–H groups in total. The third kappa shape index (κ3) is 4.54. The highest BCUT2D eigenvalue weighted by Crippen LogP contribution is 2.45. The lowest BCUT2D eigenvalue weighted by molar-refractivity contribution is -0.0445. The number of carbonyl (C=O) groups is 2. The SMILES string of the molecule is COC(=O)N1CCC2C1CCCC2(C#Cc1cccc(C)c1)OC(=O)c1ccc(Br)cc1. The number of halogens is 1. The Balaban J connectivity index is 1.70. The Morgan fingerprint density at radius 1 is 1.16 bits per heavy atom. The van der Waals surface area contributed by atoms with Gasteiger partial charge in [-0.15, -0.1) is 0 Å². The summed E-state index contributed by atoms with van der Waals surface area (Å²) in [5, 5.41) is 0. The summed E-state index contributed by atoms with van der Waals surface area (Å²) in [6, 6.07) is 15.0. The lowest BCUT2D eigenvalue weighted by atomic mass is 9.72. The Kier molecular flexibility index (Phi) is 6.57. The van der Waals surface area contributed by atoms with E-state index in [0.29, 0.717) is 18.5 Å². The average Bonchev–Trinajstić information content (AvgIpc) is 3.23. The number of hydrogen-bond donors (Lipinski definition) is 0. The molecular weight excluding hydrogens is 470 g/mol. The van der Waals surface area contributed by atoms with E-state index < -0.39 is 11.6 Å². The maximum absolute atomic E-state index is 13.1. The number of rotatable bonds is 2. The molecule has 1 aliphatic carbocycles. The molecule has 1 aliphatic heterocycles. The molecule has 5 nitrogen and oxygen atoms in total. The van der Waals surface area contributed by atoms with Gasteiger partial charge in [0.1, 0.15) is 0 Å². The average molecular weight is 496 g/mol. The fourth-order valence-electron chi connectivity index (χ4n) is 4.88. The van der Waals surface area contributed by atoms with Crippen molar-refractivity contribution in [1.82, 2.24) is 4.90 Å².